The van der Waals surface area contributed by atoms with Gasteiger partial charge in [-0.1, -0.05) is 34.8 Å². The summed E-state index contributed by atoms with van der Waals surface area (Å²) in [5, 5.41) is 3.72. The Morgan fingerprint density at radius 1 is 1.14 bits per heavy atom. The molecule has 0 atom stereocenters. The van der Waals surface area contributed by atoms with E-state index in [-0.39, 0.29) is 21.6 Å². The quantitative estimate of drug-likeness (QED) is 0.438. The minimum absolute atomic E-state index is 0.0294. The molecule has 3 nitrogen and oxygen atoms in total. The summed E-state index contributed by atoms with van der Waals surface area (Å²) in [6.45, 7) is 0. The monoisotopic (exact) mass is 393 g/mol. The predicted molar refractivity (Wildman–Crippen MR) is 79.4 cm³/mol. The third-order valence-electron chi connectivity index (χ3n) is 2.44. The molecule has 120 valence electrons. The number of nitrogen functional groups attached to an aromatic ring is 1. The lowest BCUT2D eigenvalue weighted by Crippen LogP contribution is -2.07. The fourth-order valence-corrected chi connectivity index (χ4v) is 2.86. The molecule has 0 aliphatic carbocycles. The number of benzene rings is 1. The zero-order chi connectivity index (χ0) is 16.7. The number of alkyl halides is 6. The largest absolute Gasteiger partial charge is 0.416 e. The van der Waals surface area contributed by atoms with Crippen molar-refractivity contribution in [1.82, 2.24) is 9.78 Å². The molecule has 1 aromatic carbocycles. The Morgan fingerprint density at radius 2 is 1.77 bits per heavy atom. The molecule has 1 aromatic heterocycles. The van der Waals surface area contributed by atoms with E-state index in [9.17, 15) is 17.6 Å². The van der Waals surface area contributed by atoms with Crippen LogP contribution in [0, 0.1) is 0 Å². The van der Waals surface area contributed by atoms with Crippen molar-refractivity contribution < 1.29 is 17.6 Å². The zero-order valence-electron chi connectivity index (χ0n) is 10.3. The summed E-state index contributed by atoms with van der Waals surface area (Å²) in [6.07, 6.45) is -4.52. The number of aromatic nitrogens is 2. The molecule has 1 heterocycles. The highest BCUT2D eigenvalue weighted by Crippen LogP contribution is 2.41. The molecule has 22 heavy (non-hydrogen) atoms. The lowest BCUT2D eigenvalue weighted by Gasteiger charge is -2.11. The van der Waals surface area contributed by atoms with Crippen molar-refractivity contribution in [2.24, 2.45) is 0 Å². The van der Waals surface area contributed by atoms with Gasteiger partial charge in [-0.25, -0.2) is 4.68 Å². The van der Waals surface area contributed by atoms with Gasteiger partial charge in [0.15, 0.2) is 0 Å². The van der Waals surface area contributed by atoms with Crippen molar-refractivity contribution in [2.75, 3.05) is 5.73 Å². The minimum atomic E-state index is -4.52. The summed E-state index contributed by atoms with van der Waals surface area (Å²) in [5.74, 6) is 0.0294. The van der Waals surface area contributed by atoms with Crippen LogP contribution in [0.15, 0.2) is 29.3 Å². The van der Waals surface area contributed by atoms with Gasteiger partial charge in [0.25, 0.3) is 0 Å². The number of halogens is 7. The third kappa shape index (κ3) is 4.13. The first-order chi connectivity index (χ1) is 9.97. The topological polar surface area (TPSA) is 43.8 Å². The zero-order valence-corrected chi connectivity index (χ0v) is 13.4. The fourth-order valence-electron chi connectivity index (χ4n) is 1.59. The average molecular weight is 395 g/mol. The summed E-state index contributed by atoms with van der Waals surface area (Å²) in [6, 6.07) is 3.94. The van der Waals surface area contributed by atoms with Crippen LogP contribution in [0.5, 0.6) is 0 Å². The molecular formula is C11H6Cl3F4N3S. The smallest absolute Gasteiger partial charge is 0.384 e. The van der Waals surface area contributed by atoms with Gasteiger partial charge in [0, 0.05) is 6.07 Å². The Labute approximate surface area is 141 Å². The molecule has 11 heteroatoms. The Morgan fingerprint density at radius 3 is 2.27 bits per heavy atom. The number of hydrogen-bond donors (Lipinski definition) is 1. The Balaban J connectivity index is 2.41. The Kier molecular flexibility index (Phi) is 4.77. The summed E-state index contributed by atoms with van der Waals surface area (Å²) in [7, 11) is 0. The average Bonchev–Trinajstić information content (AvgIpc) is 2.66. The first kappa shape index (κ1) is 17.5. The molecule has 2 N–H and O–H groups in total. The number of anilines is 1. The number of rotatable bonds is 3. The molecule has 0 saturated heterocycles. The molecule has 0 bridgehead atoms. The maximum absolute atomic E-state index is 13.1. The second-order valence-corrected chi connectivity index (χ2v) is 7.31. The molecule has 0 spiro atoms. The third-order valence-corrected chi connectivity index (χ3v) is 3.84. The van der Waals surface area contributed by atoms with Crippen LogP contribution in [0.2, 0.25) is 5.02 Å². The van der Waals surface area contributed by atoms with E-state index >= 15 is 0 Å². The Hall–Kier alpha value is -0.830. The second kappa shape index (κ2) is 5.99. The van der Waals surface area contributed by atoms with E-state index in [1.165, 1.54) is 6.07 Å². The highest BCUT2D eigenvalue weighted by molar-refractivity contribution is 8.03. The van der Waals surface area contributed by atoms with Crippen LogP contribution in [0.3, 0.4) is 0 Å². The van der Waals surface area contributed by atoms with Crippen molar-refractivity contribution in [3.05, 3.63) is 34.9 Å². The van der Waals surface area contributed by atoms with Crippen molar-refractivity contribution in [2.45, 2.75) is 15.1 Å². The molecule has 0 unspecified atom stereocenters. The number of thioether (sulfide) groups is 1. The molecule has 0 aliphatic heterocycles. The molecule has 2 aromatic rings. The van der Waals surface area contributed by atoms with Gasteiger partial charge < -0.3 is 5.73 Å². The summed E-state index contributed by atoms with van der Waals surface area (Å²) < 4.78 is 49.4. The van der Waals surface area contributed by atoms with Crippen LogP contribution in [0.25, 0.3) is 5.69 Å². The predicted octanol–water partition coefficient (Wildman–Crippen LogP) is 5.28. The van der Waals surface area contributed by atoms with E-state index in [2.05, 4.69) is 5.10 Å². The first-order valence-corrected chi connectivity index (χ1v) is 7.41. The van der Waals surface area contributed by atoms with E-state index < -0.39 is 15.7 Å². The summed E-state index contributed by atoms with van der Waals surface area (Å²) in [4.78, 5) is 0. The van der Waals surface area contributed by atoms with Crippen molar-refractivity contribution in [3.8, 4) is 5.69 Å². The molecule has 0 radical (unpaired) electrons. The van der Waals surface area contributed by atoms with E-state index in [0.717, 1.165) is 22.9 Å². The molecule has 0 fully saturated rings. The summed E-state index contributed by atoms with van der Waals surface area (Å²) in [5.41, 5.74) is 4.88. The molecule has 2 rings (SSSR count). The second-order valence-electron chi connectivity index (χ2n) is 4.03. The minimum Gasteiger partial charge on any atom is -0.384 e. The van der Waals surface area contributed by atoms with Gasteiger partial charge in [-0.2, -0.15) is 22.7 Å². The molecular weight excluding hydrogens is 389 g/mol. The lowest BCUT2D eigenvalue weighted by atomic mass is 10.2. The van der Waals surface area contributed by atoms with Crippen LogP contribution < -0.4 is 5.73 Å². The summed E-state index contributed by atoms with van der Waals surface area (Å²) >= 11 is 16.6. The maximum Gasteiger partial charge on any atom is 0.416 e. The standard InChI is InChI=1S/C11H6Cl3F4N3S/c12-6-3-5(10(15,16)17)1-2-7(6)21-8(19)4-9(20-21)22-11(13,14)18/h1-4H,19H2. The van der Waals surface area contributed by atoms with E-state index in [1.807, 2.05) is 0 Å². The number of nitrogens with zero attached hydrogens (tertiary/aromatic N) is 2. The van der Waals surface area contributed by atoms with E-state index in [0.29, 0.717) is 11.8 Å². The van der Waals surface area contributed by atoms with Crippen molar-refractivity contribution >= 4 is 52.4 Å². The number of nitrogens with two attached hydrogens (primary N) is 1. The van der Waals surface area contributed by atoms with Crippen LogP contribution in [0.1, 0.15) is 5.56 Å². The van der Waals surface area contributed by atoms with E-state index in [1.54, 1.807) is 0 Å². The maximum atomic E-state index is 13.1. The van der Waals surface area contributed by atoms with Gasteiger partial charge in [-0.05, 0) is 30.0 Å². The normalized spacial score (nSPS) is 12.7. The van der Waals surface area contributed by atoms with Gasteiger partial charge in [-0.3, -0.25) is 0 Å². The molecule has 0 amide bonds. The van der Waals surface area contributed by atoms with E-state index in [4.69, 9.17) is 40.5 Å². The van der Waals surface area contributed by atoms with Crippen LogP contribution in [-0.4, -0.2) is 13.7 Å². The van der Waals surface area contributed by atoms with Gasteiger partial charge >= 0.3 is 10.1 Å². The van der Waals surface area contributed by atoms with Gasteiger partial charge in [0.1, 0.15) is 10.8 Å². The number of hydrogen-bond acceptors (Lipinski definition) is 3. The fraction of sp³-hybridized carbons (Fsp3) is 0.182. The SMILES string of the molecule is Nc1cc(SC(F)(Cl)Cl)nn1-c1ccc(C(F)(F)F)cc1Cl. The van der Waals surface area contributed by atoms with Crippen molar-refractivity contribution in [1.29, 1.82) is 0 Å². The highest BCUT2D eigenvalue weighted by atomic mass is 35.5. The van der Waals surface area contributed by atoms with Gasteiger partial charge in [0.05, 0.1) is 16.3 Å². The highest BCUT2D eigenvalue weighted by Gasteiger charge is 2.31. The lowest BCUT2D eigenvalue weighted by molar-refractivity contribution is -0.137. The molecule has 0 aliphatic rings. The van der Waals surface area contributed by atoms with Crippen LogP contribution in [0.4, 0.5) is 23.4 Å². The van der Waals surface area contributed by atoms with Crippen molar-refractivity contribution in [3.63, 3.8) is 0 Å². The van der Waals surface area contributed by atoms with Gasteiger partial charge in [0.2, 0.25) is 0 Å². The van der Waals surface area contributed by atoms with Gasteiger partial charge in [-0.15, -0.1) is 0 Å². The van der Waals surface area contributed by atoms with Crippen LogP contribution >= 0.6 is 46.6 Å². The first-order valence-electron chi connectivity index (χ1n) is 5.46. The van der Waals surface area contributed by atoms with Crippen LogP contribution in [-0.2, 0) is 6.18 Å². The Bertz CT molecular complexity index is 697. The molecule has 0 saturated carbocycles.